The largest absolute Gasteiger partial charge is 0.494 e. The van der Waals surface area contributed by atoms with Crippen LogP contribution < -0.4 is 4.74 Å². The van der Waals surface area contributed by atoms with Gasteiger partial charge in [-0.1, -0.05) is 15.9 Å². The molecule has 4 nitrogen and oxygen atoms in total. The van der Waals surface area contributed by atoms with Gasteiger partial charge in [0.2, 0.25) is 0 Å². The number of ether oxygens (including phenoxy) is 2. The normalized spacial score (nSPS) is 20.8. The van der Waals surface area contributed by atoms with E-state index in [0.717, 1.165) is 49.1 Å². The molecule has 0 radical (unpaired) electrons. The van der Waals surface area contributed by atoms with Gasteiger partial charge in [0.25, 0.3) is 0 Å². The second kappa shape index (κ2) is 9.12. The van der Waals surface area contributed by atoms with Crippen molar-refractivity contribution in [1.29, 1.82) is 0 Å². The van der Waals surface area contributed by atoms with Crippen LogP contribution in [0.3, 0.4) is 0 Å². The SMILES string of the molecule is Cc1cc(OCCC[C@@H]2CCN(C(=O)OC(C)(C)C)[C@H](C)C2)ccc1Br. The number of likely N-dealkylation sites (tertiary alicyclic amines) is 1. The van der Waals surface area contributed by atoms with Crippen molar-refractivity contribution in [3.8, 4) is 5.75 Å². The predicted molar refractivity (Wildman–Crippen MR) is 109 cm³/mol. The molecule has 0 spiro atoms. The van der Waals surface area contributed by atoms with E-state index in [9.17, 15) is 4.79 Å². The van der Waals surface area contributed by atoms with Crippen LogP contribution in [0.2, 0.25) is 0 Å². The van der Waals surface area contributed by atoms with E-state index in [-0.39, 0.29) is 12.1 Å². The lowest BCUT2D eigenvalue weighted by Gasteiger charge is -2.38. The second-order valence-electron chi connectivity index (χ2n) is 8.31. The summed E-state index contributed by atoms with van der Waals surface area (Å²) in [5.41, 5.74) is 0.752. The summed E-state index contributed by atoms with van der Waals surface area (Å²) in [5, 5.41) is 0. The number of amides is 1. The minimum Gasteiger partial charge on any atom is -0.494 e. The number of hydrogen-bond acceptors (Lipinski definition) is 3. The highest BCUT2D eigenvalue weighted by molar-refractivity contribution is 9.10. The molecule has 1 saturated heterocycles. The molecule has 2 rings (SSSR count). The van der Waals surface area contributed by atoms with Gasteiger partial charge in [0, 0.05) is 17.1 Å². The summed E-state index contributed by atoms with van der Waals surface area (Å²) in [6.45, 7) is 11.4. The summed E-state index contributed by atoms with van der Waals surface area (Å²) >= 11 is 3.51. The molecule has 0 N–H and O–H groups in total. The van der Waals surface area contributed by atoms with E-state index in [1.165, 1.54) is 5.56 Å². The number of nitrogens with zero attached hydrogens (tertiary/aromatic N) is 1. The number of rotatable bonds is 5. The van der Waals surface area contributed by atoms with E-state index in [1.807, 2.05) is 37.8 Å². The molecule has 146 valence electrons. The fourth-order valence-electron chi connectivity index (χ4n) is 3.39. The summed E-state index contributed by atoms with van der Waals surface area (Å²) in [5.74, 6) is 1.58. The Morgan fingerprint density at radius 3 is 2.69 bits per heavy atom. The highest BCUT2D eigenvalue weighted by Crippen LogP contribution is 2.28. The Morgan fingerprint density at radius 2 is 2.08 bits per heavy atom. The van der Waals surface area contributed by atoms with Crippen molar-refractivity contribution >= 4 is 22.0 Å². The Kier molecular flexibility index (Phi) is 7.39. The molecule has 1 aromatic rings. The van der Waals surface area contributed by atoms with E-state index >= 15 is 0 Å². The summed E-state index contributed by atoms with van der Waals surface area (Å²) in [4.78, 5) is 14.2. The first-order valence-corrected chi connectivity index (χ1v) is 10.3. The van der Waals surface area contributed by atoms with Crippen LogP contribution in [-0.4, -0.2) is 35.8 Å². The number of carbonyl (C=O) groups is 1. The summed E-state index contributed by atoms with van der Waals surface area (Å²) in [7, 11) is 0. The Morgan fingerprint density at radius 1 is 1.35 bits per heavy atom. The average molecular weight is 426 g/mol. The van der Waals surface area contributed by atoms with Gasteiger partial charge in [-0.25, -0.2) is 4.79 Å². The van der Waals surface area contributed by atoms with Gasteiger partial charge in [0.15, 0.2) is 0 Å². The van der Waals surface area contributed by atoms with Crippen LogP contribution in [0.5, 0.6) is 5.75 Å². The first-order chi connectivity index (χ1) is 12.2. The van der Waals surface area contributed by atoms with Crippen molar-refractivity contribution in [3.05, 3.63) is 28.2 Å². The van der Waals surface area contributed by atoms with Crippen molar-refractivity contribution in [2.24, 2.45) is 5.92 Å². The zero-order valence-corrected chi connectivity index (χ0v) is 18.3. The maximum Gasteiger partial charge on any atom is 0.410 e. The van der Waals surface area contributed by atoms with E-state index in [2.05, 4.69) is 35.8 Å². The minimum absolute atomic E-state index is 0.183. The fraction of sp³-hybridized carbons (Fsp3) is 0.667. The van der Waals surface area contributed by atoms with Crippen molar-refractivity contribution in [2.75, 3.05) is 13.2 Å². The molecule has 1 aliphatic rings. The van der Waals surface area contributed by atoms with E-state index in [4.69, 9.17) is 9.47 Å². The molecule has 1 heterocycles. The minimum atomic E-state index is -0.434. The first-order valence-electron chi connectivity index (χ1n) is 9.54. The number of halogens is 1. The zero-order chi connectivity index (χ0) is 19.3. The molecule has 0 unspecified atom stereocenters. The molecular formula is C21H32BrNO3. The third kappa shape index (κ3) is 6.49. The molecule has 1 aliphatic heterocycles. The monoisotopic (exact) mass is 425 g/mol. The van der Waals surface area contributed by atoms with Crippen LogP contribution in [0, 0.1) is 12.8 Å². The quantitative estimate of drug-likeness (QED) is 0.546. The molecule has 0 saturated carbocycles. The highest BCUT2D eigenvalue weighted by atomic mass is 79.9. The van der Waals surface area contributed by atoms with E-state index in [1.54, 1.807) is 0 Å². The van der Waals surface area contributed by atoms with Crippen LogP contribution in [0.15, 0.2) is 22.7 Å². The van der Waals surface area contributed by atoms with Gasteiger partial charge in [0.1, 0.15) is 11.4 Å². The van der Waals surface area contributed by atoms with E-state index < -0.39 is 5.60 Å². The smallest absolute Gasteiger partial charge is 0.410 e. The molecule has 2 atom stereocenters. The summed E-state index contributed by atoms with van der Waals surface area (Å²) in [6, 6.07) is 6.32. The standard InChI is InChI=1S/C21H32BrNO3/c1-15-13-18(8-9-19(15)22)25-12-6-7-17-10-11-23(16(2)14-17)20(24)26-21(3,4)5/h8-9,13,16-17H,6-7,10-12,14H2,1-5H3/t16-,17-/m1/s1. The molecular weight excluding hydrogens is 394 g/mol. The lowest BCUT2D eigenvalue weighted by atomic mass is 9.88. The third-order valence-corrected chi connectivity index (χ3v) is 5.66. The van der Waals surface area contributed by atoms with Gasteiger partial charge in [-0.2, -0.15) is 0 Å². The van der Waals surface area contributed by atoms with Gasteiger partial charge in [0.05, 0.1) is 6.61 Å². The van der Waals surface area contributed by atoms with Crippen LogP contribution in [0.1, 0.15) is 58.9 Å². The molecule has 0 bridgehead atoms. The average Bonchev–Trinajstić information content (AvgIpc) is 2.53. The Bertz CT molecular complexity index is 612. The number of hydrogen-bond donors (Lipinski definition) is 0. The maximum atomic E-state index is 12.3. The third-order valence-electron chi connectivity index (χ3n) is 4.77. The van der Waals surface area contributed by atoms with E-state index in [0.29, 0.717) is 5.92 Å². The summed E-state index contributed by atoms with van der Waals surface area (Å²) in [6.07, 6.45) is 4.08. The summed E-state index contributed by atoms with van der Waals surface area (Å²) < 4.78 is 12.5. The Balaban J connectivity index is 1.70. The molecule has 1 amide bonds. The second-order valence-corrected chi connectivity index (χ2v) is 9.17. The zero-order valence-electron chi connectivity index (χ0n) is 16.7. The topological polar surface area (TPSA) is 38.8 Å². The van der Waals surface area contributed by atoms with Crippen molar-refractivity contribution in [1.82, 2.24) is 4.90 Å². The molecule has 1 fully saturated rings. The van der Waals surface area contributed by atoms with Crippen LogP contribution in [-0.2, 0) is 4.74 Å². The van der Waals surface area contributed by atoms with Gasteiger partial charge >= 0.3 is 6.09 Å². The fourth-order valence-corrected chi connectivity index (χ4v) is 3.64. The van der Waals surface area contributed by atoms with Crippen LogP contribution in [0.25, 0.3) is 0 Å². The van der Waals surface area contributed by atoms with Crippen molar-refractivity contribution < 1.29 is 14.3 Å². The molecule has 1 aromatic carbocycles. The molecule has 0 aliphatic carbocycles. The lowest BCUT2D eigenvalue weighted by molar-refractivity contribution is 0.00646. The van der Waals surface area contributed by atoms with Gasteiger partial charge in [-0.3, -0.25) is 0 Å². The van der Waals surface area contributed by atoms with Gasteiger partial charge in [-0.15, -0.1) is 0 Å². The van der Waals surface area contributed by atoms with Gasteiger partial charge < -0.3 is 14.4 Å². The van der Waals surface area contributed by atoms with Crippen molar-refractivity contribution in [2.45, 2.75) is 71.9 Å². The number of carbonyl (C=O) groups excluding carboxylic acids is 1. The molecule has 0 aromatic heterocycles. The Hall–Kier alpha value is -1.23. The van der Waals surface area contributed by atoms with Crippen LogP contribution in [0.4, 0.5) is 4.79 Å². The first kappa shape index (κ1) is 21.1. The van der Waals surface area contributed by atoms with Gasteiger partial charge in [-0.05, 0) is 90.0 Å². The number of benzene rings is 1. The Labute approximate surface area is 166 Å². The van der Waals surface area contributed by atoms with Crippen LogP contribution >= 0.6 is 15.9 Å². The number of piperidine rings is 1. The maximum absolute atomic E-state index is 12.3. The van der Waals surface area contributed by atoms with Crippen molar-refractivity contribution in [3.63, 3.8) is 0 Å². The highest BCUT2D eigenvalue weighted by Gasteiger charge is 2.31. The predicted octanol–water partition coefficient (Wildman–Crippen LogP) is 5.95. The molecule has 26 heavy (non-hydrogen) atoms. The lowest BCUT2D eigenvalue weighted by Crippen LogP contribution is -2.46. The molecule has 5 heteroatoms. The number of aryl methyl sites for hydroxylation is 1.